The smallest absolute Gasteiger partial charge is 0.401 e. The van der Waals surface area contributed by atoms with Crippen molar-refractivity contribution in [1.29, 1.82) is 0 Å². The number of alkyl halides is 3. The molecule has 0 spiro atoms. The minimum Gasteiger partial charge on any atom is -0.481 e. The van der Waals surface area contributed by atoms with Gasteiger partial charge in [0.25, 0.3) is 10.2 Å². The number of likely N-dealkylation sites (tertiary alicyclic amines) is 1. The Labute approximate surface area is 917 Å². The highest BCUT2D eigenvalue weighted by Gasteiger charge is 2.39. The zero-order valence-electron chi connectivity index (χ0n) is 103. The first-order chi connectivity index (χ1) is 69.7. The second kappa shape index (κ2) is 83.8. The van der Waals surface area contributed by atoms with Crippen molar-refractivity contribution in [2.45, 2.75) is 369 Å². The molecule has 11 saturated heterocycles. The van der Waals surface area contributed by atoms with Crippen LogP contribution in [0, 0.1) is 17.8 Å². The molecule has 2 amide bonds. The molecule has 11 aliphatic heterocycles. The minimum absolute atomic E-state index is 0.165. The number of nitrogens with one attached hydrogen (secondary N) is 1. The Kier molecular flexibility index (Phi) is 84.2. The van der Waals surface area contributed by atoms with Crippen LogP contribution < -0.4 is 10.5 Å². The third-order valence-corrected chi connectivity index (χ3v) is 31.2. The van der Waals surface area contributed by atoms with Crippen molar-refractivity contribution in [1.82, 2.24) is 97.8 Å². The Bertz CT molecular complexity index is 3330. The quantitative estimate of drug-likeness (QED) is 0.0248. The molecule has 10 N–H and O–H groups in total. The highest BCUT2D eigenvalue weighted by molar-refractivity contribution is 7.86. The molecule has 150 heavy (non-hydrogen) atoms. The van der Waals surface area contributed by atoms with Crippen LogP contribution in [0.5, 0.6) is 0 Å². The highest BCUT2D eigenvalue weighted by Crippen LogP contribution is 2.30. The Hall–Kier alpha value is -3.38. The SMILES string of the molecule is CC(=O)N1CCN(C(C)C)CC1.CC(C)CCC(=O)O.CC(C)CCCCC(=O)O.CC(C)CCO.CC(C)N(CCO)CCO.CC(C)N1CC(C)N(C)C(C)C1.CC(C)N1CC2CCC(C1)N2C.CC(C)N1CCN(C)C(=O)C1.CC(C)N1CCN(C)CC1.CC(C)N1CCN(CC(F)(F)F)CC1.CC(C)N1CCN(CCO)CC1.CC(C)N1CCN(S(N)(=O)=O)CC1.CC(C)N1CCNCC1.CC(C)N1CC[N+](C)(O)CC1. The van der Waals surface area contributed by atoms with Gasteiger partial charge in [0, 0.05) is 340 Å². The number of likely N-dealkylation sites (N-methyl/N-ethyl adjacent to an activating group) is 5. The van der Waals surface area contributed by atoms with Gasteiger partial charge in [-0.15, -0.1) is 0 Å². The number of carbonyl (C=O) groups is 4. The lowest BCUT2D eigenvalue weighted by molar-refractivity contribution is -1.09. The number of piperazine rings is 10. The predicted molar refractivity (Wildman–Crippen MR) is 617 cm³/mol. The van der Waals surface area contributed by atoms with E-state index in [0.29, 0.717) is 150 Å². The molecule has 39 heteroatoms. The number of amides is 2. The maximum absolute atomic E-state index is 12.0. The number of hydrogen-bond acceptors (Lipinski definition) is 28. The van der Waals surface area contributed by atoms with Gasteiger partial charge in [-0.05, 0) is 237 Å². The van der Waals surface area contributed by atoms with Gasteiger partial charge >= 0.3 is 18.1 Å². The lowest BCUT2D eigenvalue weighted by atomic mass is 10.1. The average molecular weight is 2180 g/mol. The van der Waals surface area contributed by atoms with Crippen molar-refractivity contribution in [3.63, 3.8) is 0 Å². The van der Waals surface area contributed by atoms with Gasteiger partial charge < -0.3 is 50.7 Å². The number of quaternary nitrogens is 1. The number of unbranched alkanes of at least 4 members (excludes halogenated alkanes) is 1. The number of aliphatic carboxylic acids is 2. The number of nitrogens with zero attached hydrogens (tertiary/aromatic N) is 20. The number of nitrogens with two attached hydrogens (primary N) is 1. The van der Waals surface area contributed by atoms with Crippen molar-refractivity contribution >= 4 is 34.0 Å². The molecule has 0 radical (unpaired) electrons. The van der Waals surface area contributed by atoms with Crippen LogP contribution in [0.15, 0.2) is 0 Å². The Balaban J connectivity index is -0.00000156. The second-order valence-electron chi connectivity index (χ2n) is 47.4. The largest absolute Gasteiger partial charge is 0.481 e. The van der Waals surface area contributed by atoms with E-state index < -0.39 is 34.9 Å². The maximum Gasteiger partial charge on any atom is 0.401 e. The Morgan fingerprint density at radius 2 is 0.760 bits per heavy atom. The Morgan fingerprint density at radius 1 is 0.420 bits per heavy atom. The first-order valence-corrected chi connectivity index (χ1v) is 59.4. The lowest BCUT2D eigenvalue weighted by Gasteiger charge is -2.44. The number of β-amino-alcohol motifs (C(OH)–C–C–N with tert-alkyl or cyclic N) is 1. The molecule has 0 aromatic heterocycles. The third-order valence-electron chi connectivity index (χ3n) is 30.1. The van der Waals surface area contributed by atoms with E-state index in [-0.39, 0.29) is 29.7 Å². The first-order valence-electron chi connectivity index (χ1n) is 57.9. The second-order valence-corrected chi connectivity index (χ2v) is 48.9. The molecule has 2 bridgehead atoms. The average Bonchev–Trinajstić information content (AvgIpc) is 1.67. The number of aliphatic hydroxyl groups is 4. The van der Waals surface area contributed by atoms with E-state index in [1.807, 2.05) is 51.6 Å². The summed E-state index contributed by atoms with van der Waals surface area (Å²) < 4.78 is 59.5. The first kappa shape index (κ1) is 151. The number of carbonyl (C=O) groups excluding carboxylic acids is 2. The highest BCUT2D eigenvalue weighted by atomic mass is 32.2. The van der Waals surface area contributed by atoms with Crippen LogP contribution in [0.2, 0.25) is 0 Å². The van der Waals surface area contributed by atoms with Crippen LogP contribution in [0.1, 0.15) is 272 Å². The maximum atomic E-state index is 12.0. The van der Waals surface area contributed by atoms with E-state index in [1.54, 1.807) is 11.8 Å². The summed E-state index contributed by atoms with van der Waals surface area (Å²) in [4.78, 5) is 83.2. The van der Waals surface area contributed by atoms with Crippen LogP contribution in [0.3, 0.4) is 0 Å². The summed E-state index contributed by atoms with van der Waals surface area (Å²) in [5.74, 6) is 0.931. The molecule has 11 fully saturated rings. The van der Waals surface area contributed by atoms with Gasteiger partial charge in [-0.2, -0.15) is 30.5 Å². The molecule has 0 aliphatic carbocycles. The number of aliphatic hydroxyl groups excluding tert-OH is 4. The molecule has 11 aliphatic rings. The summed E-state index contributed by atoms with van der Waals surface area (Å²) in [6.45, 7) is 104. The predicted octanol–water partition coefficient (Wildman–Crippen LogP) is 10.1. The van der Waals surface area contributed by atoms with E-state index in [2.05, 4.69) is 275 Å². The Morgan fingerprint density at radius 3 is 1.06 bits per heavy atom. The van der Waals surface area contributed by atoms with Gasteiger partial charge in [-0.3, -0.25) is 92.7 Å². The topological polar surface area (TPSA) is 344 Å². The lowest BCUT2D eigenvalue weighted by Crippen LogP contribution is -2.56. The van der Waals surface area contributed by atoms with Gasteiger partial charge in [-0.1, -0.05) is 54.4 Å². The zero-order chi connectivity index (χ0) is 116. The summed E-state index contributed by atoms with van der Waals surface area (Å²) in [6, 6.07) is 9.71. The number of fused-ring (bicyclic) bond motifs is 2. The van der Waals surface area contributed by atoms with Crippen molar-refractivity contribution in [3.05, 3.63) is 0 Å². The number of halogens is 3. The number of hydroxylamine groups is 3. The molecular formula is C111H240F3N22O13S+. The molecule has 35 nitrogen and oxygen atoms in total. The number of rotatable bonds is 29. The number of carboxylic acids is 2. The summed E-state index contributed by atoms with van der Waals surface area (Å²) in [5.41, 5.74) is 0. The molecule has 4 atom stereocenters. The summed E-state index contributed by atoms with van der Waals surface area (Å²) >= 11 is 0. The third kappa shape index (κ3) is 74.9. The van der Waals surface area contributed by atoms with Gasteiger partial charge in [0.1, 0.15) is 13.1 Å². The standard InChI is InChI=1S/C10H20N2.C10H22N2.C9H17F3N2.C9H18N2O.C9H20N2O.C8H19N2O.C8H16N2O.C8H18N2.C8H16O2.C7H17N3O2S.C7H16N2.C7H17NO2.C6H12O2.C5H12O/c1-8(2)12-6-9-4-5-10(7-12)11(9)3;1-8(2)12-6-9(3)11(5)10(4)7-12;1-8(2)14-5-3-13(4-6-14)7-9(10,11)12;1-8(2)10-4-6-11(7-5-10)9(3)12;1-9(2)11-5-3-10(4-6-11)7-8-12;1-8(2)9-4-6-10(3,11)7-5-9;1-7(2)10-5-4-9(3)8(11)6-10;1-8(2)10-6-4-9(3)5-7-10;1-7(2)5-3-4-6-8(9)10;1-7(2)9-3-5-10(6-4-9)13(8,11)12;1-7(2)9-5-3-8-4-6-9;1-7(2)8(3-5-9)4-6-10;1-5(2)3-4-6(7)8;1-5(2)3-4-6/h8-10H,4-7H2,1-3H3;8-10H,6-7H2,1-5H3;8H,3-7H2,1-2H3;8H,4-7H2,1-3H3;9,12H,3-8H2,1-2H3;8,11H,4-7H2,1-3H3;7H,4-6H2,1-3H3;8H,4-7H2,1-3H3;7H,3-6H2,1-2H3,(H,9,10);7H,3-6H2,1-2H3,(H2,8,11,12);7-8H,3-6H2,1-2H3;7,9-10H,3-6H2,1-2H3;5H,3-4H2,1-2H3,(H,7,8);5-6H,3-4H2,1-2H3/q;;;;;+1;;;;;;;;. The summed E-state index contributed by atoms with van der Waals surface area (Å²) in [7, 11) is 6.98. The van der Waals surface area contributed by atoms with Gasteiger partial charge in [0.05, 0.1) is 53.0 Å². The normalized spacial score (nSPS) is 22.0. The fourth-order valence-electron chi connectivity index (χ4n) is 18.4. The van der Waals surface area contributed by atoms with Crippen LogP contribution in [-0.4, -0.2) is 579 Å². The van der Waals surface area contributed by atoms with Crippen molar-refractivity contribution < 1.29 is 81.3 Å². The van der Waals surface area contributed by atoms with Crippen molar-refractivity contribution in [2.24, 2.45) is 22.9 Å². The van der Waals surface area contributed by atoms with E-state index in [1.165, 1.54) is 87.5 Å². The van der Waals surface area contributed by atoms with Crippen molar-refractivity contribution in [3.8, 4) is 0 Å². The molecule has 11 rings (SSSR count). The zero-order valence-corrected chi connectivity index (χ0v) is 104. The number of carboxylic acid groups (broad SMARTS) is 2. The number of hydrogen-bond donors (Lipinski definition) is 9. The van der Waals surface area contributed by atoms with Gasteiger partial charge in [-0.25, -0.2) is 10.3 Å². The molecular weight excluding hydrogens is 1940 g/mol. The van der Waals surface area contributed by atoms with Crippen LogP contribution in [0.4, 0.5) is 13.2 Å². The monoisotopic (exact) mass is 2180 g/mol. The molecule has 0 saturated carbocycles. The fraction of sp³-hybridized carbons (Fsp3) is 0.964. The van der Waals surface area contributed by atoms with Crippen LogP contribution >= 0.6 is 0 Å². The molecule has 0 aromatic rings. The molecule has 898 valence electrons. The fourth-order valence-corrected chi connectivity index (χ4v) is 19.0. The molecule has 0 aromatic carbocycles. The summed E-state index contributed by atoms with van der Waals surface area (Å²) in [6.07, 6.45) is 4.15. The van der Waals surface area contributed by atoms with Crippen LogP contribution in [-0.2, 0) is 29.4 Å². The van der Waals surface area contributed by atoms with E-state index >= 15 is 0 Å². The van der Waals surface area contributed by atoms with Gasteiger partial charge in [0.2, 0.25) is 11.8 Å². The van der Waals surface area contributed by atoms with E-state index in [4.69, 9.17) is 35.8 Å². The van der Waals surface area contributed by atoms with Crippen LogP contribution in [0.25, 0.3) is 0 Å². The van der Waals surface area contributed by atoms with Crippen molar-refractivity contribution in [2.75, 3.05) is 317 Å². The van der Waals surface area contributed by atoms with E-state index in [0.717, 1.165) is 200 Å². The van der Waals surface area contributed by atoms with E-state index in [9.17, 15) is 46.0 Å². The summed E-state index contributed by atoms with van der Waals surface area (Å²) in [5, 5.41) is 68.5. The van der Waals surface area contributed by atoms with Gasteiger partial charge in [0.15, 0.2) is 0 Å². The molecule has 4 unspecified atom stereocenters. The molecule has 11 heterocycles. The minimum atomic E-state index is -4.06.